The first-order chi connectivity index (χ1) is 16.7. The van der Waals surface area contributed by atoms with Crippen LogP contribution in [0.1, 0.15) is 16.0 Å². The van der Waals surface area contributed by atoms with Crippen molar-refractivity contribution in [3.8, 4) is 0 Å². The number of hydrogen-bond acceptors (Lipinski definition) is 5. The maximum Gasteiger partial charge on any atom is 0.271 e. The zero-order chi connectivity index (χ0) is 24.7. The molecule has 0 saturated heterocycles. The number of halogens is 2. The number of rotatable bonds is 7. The number of benzene rings is 3. The van der Waals surface area contributed by atoms with Gasteiger partial charge in [0.05, 0.1) is 11.4 Å². The van der Waals surface area contributed by atoms with Crippen molar-refractivity contribution in [2.45, 2.75) is 24.5 Å². The Hall–Kier alpha value is -3.01. The molecule has 0 amide bonds. The third-order valence-corrected chi connectivity index (χ3v) is 10.5. The average molecular weight is 529 g/mol. The number of fused-ring (bicyclic) bond motifs is 2. The predicted molar refractivity (Wildman–Crippen MR) is 142 cm³/mol. The molecule has 180 valence electrons. The fraction of sp³-hybridized carbons (Fsp3) is 0.154. The lowest BCUT2D eigenvalue weighted by atomic mass is 10.1. The zero-order valence-corrected chi connectivity index (χ0v) is 21.4. The second-order valence-corrected chi connectivity index (χ2v) is 12.3. The Morgan fingerprint density at radius 1 is 0.800 bits per heavy atom. The maximum atomic E-state index is 13.7. The number of hydrogen-bond donors (Lipinski definition) is 2. The van der Waals surface area contributed by atoms with Gasteiger partial charge in [-0.05, 0) is 90.7 Å². The molecule has 0 saturated carbocycles. The van der Waals surface area contributed by atoms with Gasteiger partial charge in [0.2, 0.25) is 0 Å². The highest BCUT2D eigenvalue weighted by atomic mass is 32.2. The van der Waals surface area contributed by atoms with Gasteiger partial charge in [0.1, 0.15) is 15.8 Å². The summed E-state index contributed by atoms with van der Waals surface area (Å²) in [6, 6.07) is 16.2. The van der Waals surface area contributed by atoms with E-state index in [0.717, 1.165) is 38.3 Å². The molecule has 0 unspecified atom stereocenters. The number of para-hydroxylation sites is 2. The molecule has 35 heavy (non-hydrogen) atoms. The van der Waals surface area contributed by atoms with Crippen LogP contribution in [0.15, 0.2) is 64.9 Å². The molecule has 4 nitrogen and oxygen atoms in total. The van der Waals surface area contributed by atoms with Crippen LogP contribution in [0.25, 0.3) is 20.2 Å². The molecule has 0 aliphatic heterocycles. The molecular weight excluding hydrogens is 506 g/mol. The lowest BCUT2D eigenvalue weighted by Gasteiger charge is -2.14. The normalized spacial score (nSPS) is 11.9. The summed E-state index contributed by atoms with van der Waals surface area (Å²) in [7, 11) is -3.87. The van der Waals surface area contributed by atoms with Gasteiger partial charge in [-0.2, -0.15) is 0 Å². The van der Waals surface area contributed by atoms with Gasteiger partial charge in [0, 0.05) is 20.8 Å². The van der Waals surface area contributed by atoms with Gasteiger partial charge in [0.15, 0.2) is 0 Å². The zero-order valence-electron chi connectivity index (χ0n) is 19.0. The van der Waals surface area contributed by atoms with Crippen molar-refractivity contribution in [3.05, 3.63) is 88.3 Å². The molecule has 9 heteroatoms. The summed E-state index contributed by atoms with van der Waals surface area (Å²) in [6.45, 7) is 4.27. The van der Waals surface area contributed by atoms with Crippen LogP contribution in [0.3, 0.4) is 0 Å². The van der Waals surface area contributed by atoms with Crippen molar-refractivity contribution in [2.75, 3.05) is 16.6 Å². The van der Waals surface area contributed by atoms with Crippen LogP contribution in [-0.4, -0.2) is 15.0 Å². The van der Waals surface area contributed by atoms with Crippen molar-refractivity contribution in [1.82, 2.24) is 0 Å². The van der Waals surface area contributed by atoms with Crippen LogP contribution in [0, 0.1) is 25.5 Å². The Balaban J connectivity index is 1.35. The van der Waals surface area contributed by atoms with Crippen molar-refractivity contribution >= 4 is 64.2 Å². The molecule has 2 heterocycles. The Bertz CT molecular complexity index is 1670. The van der Waals surface area contributed by atoms with Crippen LogP contribution in [0.5, 0.6) is 0 Å². The molecule has 0 radical (unpaired) electrons. The first-order valence-corrected chi connectivity index (χ1v) is 14.1. The second kappa shape index (κ2) is 9.22. The van der Waals surface area contributed by atoms with Crippen molar-refractivity contribution in [3.63, 3.8) is 0 Å². The van der Waals surface area contributed by atoms with Crippen molar-refractivity contribution < 1.29 is 17.2 Å². The molecule has 0 bridgehead atoms. The van der Waals surface area contributed by atoms with Crippen LogP contribution in [0.2, 0.25) is 0 Å². The van der Waals surface area contributed by atoms with Crippen LogP contribution < -0.4 is 10.0 Å². The summed E-state index contributed by atoms with van der Waals surface area (Å²) >= 11 is 2.76. The molecule has 0 atom stereocenters. The molecule has 2 N–H and O–H groups in total. The van der Waals surface area contributed by atoms with Gasteiger partial charge in [-0.25, -0.2) is 17.2 Å². The Morgan fingerprint density at radius 2 is 1.40 bits per heavy atom. The maximum absolute atomic E-state index is 13.7. The van der Waals surface area contributed by atoms with Gasteiger partial charge in [-0.3, -0.25) is 4.72 Å². The first kappa shape index (κ1) is 23.7. The van der Waals surface area contributed by atoms with E-state index in [1.54, 1.807) is 48.6 Å². The summed E-state index contributed by atoms with van der Waals surface area (Å²) in [5.74, 6) is -0.646. The third-order valence-electron chi connectivity index (χ3n) is 5.93. The molecule has 5 aromatic rings. The van der Waals surface area contributed by atoms with Gasteiger partial charge in [-0.15, -0.1) is 22.7 Å². The molecule has 5 rings (SSSR count). The van der Waals surface area contributed by atoms with Gasteiger partial charge in [0.25, 0.3) is 10.0 Å². The third kappa shape index (κ3) is 4.63. The molecule has 0 spiro atoms. The monoisotopic (exact) mass is 528 g/mol. The Kier molecular flexibility index (Phi) is 6.25. The number of anilines is 2. The fourth-order valence-corrected chi connectivity index (χ4v) is 8.16. The number of thiophene rings is 2. The van der Waals surface area contributed by atoms with E-state index in [1.807, 2.05) is 19.1 Å². The average Bonchev–Trinajstić information content (AvgIpc) is 3.32. The fourth-order valence-electron chi connectivity index (χ4n) is 4.14. The minimum absolute atomic E-state index is 0.168. The highest BCUT2D eigenvalue weighted by molar-refractivity contribution is 7.95. The van der Waals surface area contributed by atoms with Crippen LogP contribution in [0.4, 0.5) is 20.2 Å². The minimum atomic E-state index is -3.87. The van der Waals surface area contributed by atoms with Gasteiger partial charge in [-0.1, -0.05) is 12.1 Å². The Labute approximate surface area is 210 Å². The quantitative estimate of drug-likeness (QED) is 0.230. The molecule has 2 aromatic heterocycles. The smallest absolute Gasteiger partial charge is 0.271 e. The van der Waals surface area contributed by atoms with E-state index in [9.17, 15) is 17.2 Å². The summed E-state index contributed by atoms with van der Waals surface area (Å²) in [6.07, 6.45) is 0.717. The molecular formula is C26H22F2N2O2S3. The second-order valence-electron chi connectivity index (χ2n) is 8.27. The molecule has 0 fully saturated rings. The summed E-state index contributed by atoms with van der Waals surface area (Å²) in [5, 5.41) is 4.85. The van der Waals surface area contributed by atoms with E-state index in [1.165, 1.54) is 18.2 Å². The van der Waals surface area contributed by atoms with Gasteiger partial charge >= 0.3 is 0 Å². The molecule has 3 aromatic carbocycles. The van der Waals surface area contributed by atoms with E-state index in [2.05, 4.69) is 10.0 Å². The predicted octanol–water partition coefficient (Wildman–Crippen LogP) is 7.47. The summed E-state index contributed by atoms with van der Waals surface area (Å²) < 4.78 is 58.4. The number of aryl methyl sites for hydroxylation is 2. The highest BCUT2D eigenvalue weighted by Gasteiger charge is 2.23. The lowest BCUT2D eigenvalue weighted by Crippen LogP contribution is -2.15. The SMILES string of the molecule is Cc1c(CCNc2ccccc2NS(=O)(=O)c2sc3ccc(F)cc3c2C)sc2ccc(F)cc12. The van der Waals surface area contributed by atoms with E-state index in [0.29, 0.717) is 33.6 Å². The summed E-state index contributed by atoms with van der Waals surface area (Å²) in [4.78, 5) is 1.16. The largest absolute Gasteiger partial charge is 0.383 e. The van der Waals surface area contributed by atoms with E-state index < -0.39 is 15.8 Å². The van der Waals surface area contributed by atoms with Crippen LogP contribution >= 0.6 is 22.7 Å². The minimum Gasteiger partial charge on any atom is -0.383 e. The lowest BCUT2D eigenvalue weighted by molar-refractivity contribution is 0.602. The summed E-state index contributed by atoms with van der Waals surface area (Å²) in [5.41, 5.74) is 2.69. The van der Waals surface area contributed by atoms with Crippen molar-refractivity contribution in [1.29, 1.82) is 0 Å². The number of nitrogens with one attached hydrogen (secondary N) is 2. The standard InChI is InChI=1S/C26H22F2N2O2S3/c1-15-19-13-17(27)7-9-24(19)33-23(15)11-12-29-21-5-3-4-6-22(21)30-35(31,32)26-16(2)20-14-18(28)8-10-25(20)34-26/h3-10,13-14,29-30H,11-12H2,1-2H3. The van der Waals surface area contributed by atoms with E-state index >= 15 is 0 Å². The highest BCUT2D eigenvalue weighted by Crippen LogP contribution is 2.36. The first-order valence-electron chi connectivity index (χ1n) is 10.9. The van der Waals surface area contributed by atoms with Crippen LogP contribution in [-0.2, 0) is 16.4 Å². The molecule has 0 aliphatic rings. The topological polar surface area (TPSA) is 58.2 Å². The Morgan fingerprint density at radius 3 is 2.09 bits per heavy atom. The van der Waals surface area contributed by atoms with Gasteiger partial charge < -0.3 is 5.32 Å². The van der Waals surface area contributed by atoms with E-state index in [4.69, 9.17) is 0 Å². The van der Waals surface area contributed by atoms with Crippen molar-refractivity contribution in [2.24, 2.45) is 0 Å². The van der Waals surface area contributed by atoms with E-state index in [-0.39, 0.29) is 10.0 Å². The number of sulfonamides is 1. The molecule has 0 aliphatic carbocycles.